The molecule has 0 unspecified atom stereocenters. The molecule has 27 heavy (non-hydrogen) atoms. The molecule has 1 aliphatic carbocycles. The summed E-state index contributed by atoms with van der Waals surface area (Å²) in [6.07, 6.45) is 2.95. The number of fused-ring (bicyclic) bond motifs is 2. The molecule has 2 fully saturated rings. The van der Waals surface area contributed by atoms with Crippen LogP contribution in [0.3, 0.4) is 0 Å². The van der Waals surface area contributed by atoms with Gasteiger partial charge in [-0.3, -0.25) is 9.69 Å². The highest BCUT2D eigenvalue weighted by atomic mass is 16.5. The van der Waals surface area contributed by atoms with E-state index < -0.39 is 6.10 Å². The highest BCUT2D eigenvalue weighted by Crippen LogP contribution is 2.52. The lowest BCUT2D eigenvalue weighted by atomic mass is 9.71. The number of aliphatic hydroxyl groups is 1. The van der Waals surface area contributed by atoms with Crippen molar-refractivity contribution in [1.82, 2.24) is 9.80 Å². The van der Waals surface area contributed by atoms with Gasteiger partial charge in [-0.1, -0.05) is 31.2 Å². The number of carbonyl (C=O) groups is 1. The molecule has 5 nitrogen and oxygen atoms in total. The summed E-state index contributed by atoms with van der Waals surface area (Å²) in [5, 5.41) is 11.4. The number of rotatable bonds is 3. The van der Waals surface area contributed by atoms with Gasteiger partial charge in [0, 0.05) is 37.6 Å². The van der Waals surface area contributed by atoms with Gasteiger partial charge in [0.2, 0.25) is 5.91 Å². The average Bonchev–Trinajstić information content (AvgIpc) is 2.96. The Morgan fingerprint density at radius 2 is 1.93 bits per heavy atom. The molecule has 0 aromatic heterocycles. The van der Waals surface area contributed by atoms with Gasteiger partial charge in [0.05, 0.1) is 12.1 Å². The smallest absolute Gasteiger partial charge is 0.225 e. The van der Waals surface area contributed by atoms with Crippen LogP contribution in [0.4, 0.5) is 0 Å². The van der Waals surface area contributed by atoms with E-state index in [1.807, 2.05) is 4.90 Å². The van der Waals surface area contributed by atoms with Gasteiger partial charge in [0.1, 0.15) is 0 Å². The van der Waals surface area contributed by atoms with Crippen LogP contribution in [0.2, 0.25) is 0 Å². The molecule has 3 aliphatic rings. The molecule has 2 saturated heterocycles. The van der Waals surface area contributed by atoms with Crippen molar-refractivity contribution in [3.63, 3.8) is 0 Å². The van der Waals surface area contributed by atoms with Crippen molar-refractivity contribution in [2.75, 3.05) is 39.9 Å². The zero-order valence-corrected chi connectivity index (χ0v) is 16.6. The lowest BCUT2D eigenvalue weighted by Crippen LogP contribution is -2.52. The number of likely N-dealkylation sites (N-methyl/N-ethyl adjacent to an activating group) is 1. The molecular formula is C22H32N2O3. The monoisotopic (exact) mass is 372 g/mol. The largest absolute Gasteiger partial charge is 0.390 e. The van der Waals surface area contributed by atoms with Gasteiger partial charge in [0.15, 0.2) is 0 Å². The quantitative estimate of drug-likeness (QED) is 0.885. The molecule has 0 bridgehead atoms. The molecule has 5 heteroatoms. The fraction of sp³-hybridized carbons (Fsp3) is 0.682. The normalized spacial score (nSPS) is 27.9. The summed E-state index contributed by atoms with van der Waals surface area (Å²) in [7, 11) is 2.09. The van der Waals surface area contributed by atoms with Crippen molar-refractivity contribution in [2.24, 2.45) is 5.92 Å². The second-order valence-electron chi connectivity index (χ2n) is 8.42. The van der Waals surface area contributed by atoms with E-state index >= 15 is 0 Å². The second-order valence-corrected chi connectivity index (χ2v) is 8.42. The van der Waals surface area contributed by atoms with E-state index in [2.05, 4.69) is 43.1 Å². The molecular weight excluding hydrogens is 340 g/mol. The molecule has 0 radical (unpaired) electrons. The van der Waals surface area contributed by atoms with E-state index in [9.17, 15) is 9.90 Å². The SMILES string of the molecule is CCN(C)[C@@H]1c2ccccc2C2(CCN(C(=O)C3CCOCC3)CC2)[C@H]1O. The van der Waals surface area contributed by atoms with Crippen molar-refractivity contribution in [2.45, 2.75) is 50.2 Å². The molecule has 2 atom stereocenters. The first-order valence-corrected chi connectivity index (χ1v) is 10.4. The van der Waals surface area contributed by atoms with Gasteiger partial charge in [-0.2, -0.15) is 0 Å². The van der Waals surface area contributed by atoms with Crippen LogP contribution in [0.1, 0.15) is 49.8 Å². The van der Waals surface area contributed by atoms with Crippen LogP contribution in [-0.4, -0.2) is 66.8 Å². The molecule has 1 N–H and O–H groups in total. The Balaban J connectivity index is 1.54. The van der Waals surface area contributed by atoms with Gasteiger partial charge in [-0.05, 0) is 50.4 Å². The van der Waals surface area contributed by atoms with Gasteiger partial charge in [-0.25, -0.2) is 0 Å². The molecule has 1 amide bonds. The minimum Gasteiger partial charge on any atom is -0.390 e. The maximum atomic E-state index is 12.9. The number of hydrogen-bond donors (Lipinski definition) is 1. The summed E-state index contributed by atoms with van der Waals surface area (Å²) in [6, 6.07) is 8.57. The topological polar surface area (TPSA) is 53.0 Å². The summed E-state index contributed by atoms with van der Waals surface area (Å²) in [4.78, 5) is 17.2. The number of hydrogen-bond acceptors (Lipinski definition) is 4. The summed E-state index contributed by atoms with van der Waals surface area (Å²) in [5.74, 6) is 0.406. The lowest BCUT2D eigenvalue weighted by Gasteiger charge is -2.44. The Morgan fingerprint density at radius 1 is 1.26 bits per heavy atom. The van der Waals surface area contributed by atoms with Crippen LogP contribution in [0.15, 0.2) is 24.3 Å². The van der Waals surface area contributed by atoms with Gasteiger partial charge in [0.25, 0.3) is 0 Å². The Hall–Kier alpha value is -1.43. The van der Waals surface area contributed by atoms with Crippen LogP contribution in [0.5, 0.6) is 0 Å². The van der Waals surface area contributed by atoms with Gasteiger partial charge >= 0.3 is 0 Å². The zero-order valence-electron chi connectivity index (χ0n) is 16.6. The third kappa shape index (κ3) is 3.10. The van der Waals surface area contributed by atoms with Crippen LogP contribution >= 0.6 is 0 Å². The van der Waals surface area contributed by atoms with Crippen LogP contribution in [0.25, 0.3) is 0 Å². The third-order valence-corrected chi connectivity index (χ3v) is 7.19. The van der Waals surface area contributed by atoms with E-state index in [-0.39, 0.29) is 23.3 Å². The summed E-state index contributed by atoms with van der Waals surface area (Å²) < 4.78 is 5.40. The van der Waals surface area contributed by atoms with E-state index in [0.29, 0.717) is 13.2 Å². The van der Waals surface area contributed by atoms with Crippen molar-refractivity contribution in [1.29, 1.82) is 0 Å². The Morgan fingerprint density at radius 3 is 2.59 bits per heavy atom. The summed E-state index contributed by atoms with van der Waals surface area (Å²) in [5.41, 5.74) is 2.33. The maximum absolute atomic E-state index is 12.9. The molecule has 2 aliphatic heterocycles. The first-order chi connectivity index (χ1) is 13.1. The fourth-order valence-corrected chi connectivity index (χ4v) is 5.41. The Labute approximate surface area is 162 Å². The van der Waals surface area contributed by atoms with Crippen molar-refractivity contribution >= 4 is 5.91 Å². The van der Waals surface area contributed by atoms with E-state index in [1.165, 1.54) is 11.1 Å². The molecule has 0 saturated carbocycles. The van der Waals surface area contributed by atoms with Crippen molar-refractivity contribution in [3.8, 4) is 0 Å². The molecule has 4 rings (SSSR count). The Kier molecular flexibility index (Phi) is 5.28. The number of ether oxygens (including phenoxy) is 1. The molecule has 1 aromatic rings. The van der Waals surface area contributed by atoms with Crippen LogP contribution in [-0.2, 0) is 14.9 Å². The highest BCUT2D eigenvalue weighted by Gasteiger charge is 2.53. The average molecular weight is 373 g/mol. The number of nitrogens with zero attached hydrogens (tertiary/aromatic N) is 2. The second kappa shape index (κ2) is 7.53. The number of amides is 1. The number of likely N-dealkylation sites (tertiary alicyclic amines) is 1. The van der Waals surface area contributed by atoms with Crippen molar-refractivity contribution < 1.29 is 14.6 Å². The number of piperidine rings is 1. The third-order valence-electron chi connectivity index (χ3n) is 7.19. The van der Waals surface area contributed by atoms with Crippen LogP contribution in [0, 0.1) is 5.92 Å². The molecule has 1 aromatic carbocycles. The van der Waals surface area contributed by atoms with Crippen molar-refractivity contribution in [3.05, 3.63) is 35.4 Å². The fourth-order valence-electron chi connectivity index (χ4n) is 5.41. The minimum atomic E-state index is -0.416. The first kappa shape index (κ1) is 18.9. The first-order valence-electron chi connectivity index (χ1n) is 10.4. The van der Waals surface area contributed by atoms with E-state index in [1.54, 1.807) is 0 Å². The predicted octanol–water partition coefficient (Wildman–Crippen LogP) is 2.34. The molecule has 1 spiro atoms. The lowest BCUT2D eigenvalue weighted by molar-refractivity contribution is -0.141. The predicted molar refractivity (Wildman–Crippen MR) is 105 cm³/mol. The maximum Gasteiger partial charge on any atom is 0.225 e. The van der Waals surface area contributed by atoms with Gasteiger partial charge < -0.3 is 14.7 Å². The number of aliphatic hydroxyl groups excluding tert-OH is 1. The summed E-state index contributed by atoms with van der Waals surface area (Å²) in [6.45, 7) is 5.92. The zero-order chi connectivity index (χ0) is 19.0. The van der Waals surface area contributed by atoms with E-state index in [4.69, 9.17) is 4.74 Å². The van der Waals surface area contributed by atoms with Crippen LogP contribution < -0.4 is 0 Å². The highest BCUT2D eigenvalue weighted by molar-refractivity contribution is 5.79. The van der Waals surface area contributed by atoms with Gasteiger partial charge in [-0.15, -0.1) is 0 Å². The Bertz CT molecular complexity index is 678. The number of benzene rings is 1. The van der Waals surface area contributed by atoms with E-state index in [0.717, 1.165) is 45.3 Å². The summed E-state index contributed by atoms with van der Waals surface area (Å²) >= 11 is 0. The molecule has 148 valence electrons. The number of carbonyl (C=O) groups excluding carboxylic acids is 1. The molecule has 2 heterocycles. The minimum absolute atomic E-state index is 0.0453. The standard InChI is InChI=1S/C22H32N2O3/c1-3-23(2)19-17-6-4-5-7-18(17)22(20(19)25)10-12-24(13-11-22)21(26)16-8-14-27-15-9-16/h4-7,16,19-20,25H,3,8-15H2,1-2H3/t19-,20+/m1/s1.